The van der Waals surface area contributed by atoms with Crippen molar-refractivity contribution in [3.05, 3.63) is 267 Å². The molecule has 0 aliphatic heterocycles. The molecular formula is C80H44N8O4S2. The van der Waals surface area contributed by atoms with E-state index < -0.39 is 0 Å². The molecule has 14 heteroatoms. The number of thiophene rings is 2. The highest BCUT2D eigenvalue weighted by Gasteiger charge is 2.25. The smallest absolute Gasteiger partial charge is 0.231 e. The Morgan fingerprint density at radius 3 is 1.17 bits per heavy atom. The fourth-order valence-electron chi connectivity index (χ4n) is 12.9. The minimum atomic E-state index is 0.516. The van der Waals surface area contributed by atoms with Crippen LogP contribution in [0.2, 0.25) is 0 Å². The fourth-order valence-corrected chi connectivity index (χ4v) is 15.1. The van der Waals surface area contributed by atoms with E-state index in [0.717, 1.165) is 105 Å². The number of furan rings is 2. The Morgan fingerprint density at radius 1 is 0.223 bits per heavy atom. The number of para-hydroxylation sites is 6. The van der Waals surface area contributed by atoms with E-state index >= 15 is 0 Å². The number of oxazole rings is 2. The molecule has 0 atom stereocenters. The van der Waals surface area contributed by atoms with Crippen LogP contribution in [0.15, 0.2) is 285 Å². The fraction of sp³-hybridized carbons (Fsp3) is 0. The zero-order valence-corrected chi connectivity index (χ0v) is 51.1. The van der Waals surface area contributed by atoms with Gasteiger partial charge in [-0.05, 0) is 84.9 Å². The van der Waals surface area contributed by atoms with Crippen LogP contribution in [0.1, 0.15) is 0 Å². The van der Waals surface area contributed by atoms with Crippen molar-refractivity contribution in [2.75, 3.05) is 0 Å². The van der Waals surface area contributed by atoms with Gasteiger partial charge in [0, 0.05) is 95.3 Å². The third kappa shape index (κ3) is 8.95. The number of aromatic nitrogens is 8. The van der Waals surface area contributed by atoms with Crippen molar-refractivity contribution in [1.82, 2.24) is 39.9 Å². The maximum Gasteiger partial charge on any atom is 0.231 e. The van der Waals surface area contributed by atoms with Crippen LogP contribution >= 0.6 is 22.7 Å². The highest BCUT2D eigenvalue weighted by molar-refractivity contribution is 7.26. The maximum atomic E-state index is 6.55. The molecule has 0 saturated carbocycles. The monoisotopic (exact) mass is 1240 g/mol. The average molecular weight is 1250 g/mol. The topological polar surface area (TPSA) is 156 Å². The molecular weight excluding hydrogens is 1200 g/mol. The second-order valence-corrected chi connectivity index (χ2v) is 25.0. The molecule has 440 valence electrons. The van der Waals surface area contributed by atoms with Gasteiger partial charge in [0.2, 0.25) is 11.8 Å². The van der Waals surface area contributed by atoms with E-state index in [1.165, 1.54) is 35.0 Å². The molecule has 0 fully saturated rings. The van der Waals surface area contributed by atoms with Gasteiger partial charge in [0.1, 0.15) is 33.4 Å². The van der Waals surface area contributed by atoms with E-state index in [1.807, 2.05) is 164 Å². The standard InChI is InChI=1S/2C40H22N4O2S/c1-2-11-23(12-3-1)37-42-38(44-39(43-37)27-16-10-22-33-35(27)24-13-4-7-21-32(24)47-33)26-15-9-20-31-34(26)25-14-8-17-28(36(25)45-31)40-41-29-18-5-6-19-30(29)46-40;1-2-10-23(11-3-1)37-42-38(24-20-21-34-29(22-24)25-12-4-7-19-33(25)47-34)44-39(43-37)27-14-9-18-32-35(27)26-13-8-15-28(36(26)45-32)40-41-30-16-5-6-17-31(30)46-40/h2*1-22H. The van der Waals surface area contributed by atoms with Crippen LogP contribution in [0.5, 0.6) is 0 Å². The molecule has 20 rings (SSSR count). The molecule has 0 radical (unpaired) electrons. The lowest BCUT2D eigenvalue weighted by molar-refractivity contribution is 0.614. The van der Waals surface area contributed by atoms with Crippen LogP contribution in [0.4, 0.5) is 0 Å². The first-order chi connectivity index (χ1) is 46.5. The Hall–Kier alpha value is -12.4. The van der Waals surface area contributed by atoms with Crippen LogP contribution in [-0.2, 0) is 0 Å². The summed E-state index contributed by atoms with van der Waals surface area (Å²) in [5, 5.41) is 8.50. The summed E-state index contributed by atoms with van der Waals surface area (Å²) in [6.45, 7) is 0. The molecule has 94 heavy (non-hydrogen) atoms. The lowest BCUT2D eigenvalue weighted by Crippen LogP contribution is -2.00. The van der Waals surface area contributed by atoms with Gasteiger partial charge in [-0.15, -0.1) is 22.7 Å². The van der Waals surface area contributed by atoms with E-state index in [9.17, 15) is 0 Å². The van der Waals surface area contributed by atoms with Crippen molar-refractivity contribution < 1.29 is 17.7 Å². The van der Waals surface area contributed by atoms with Gasteiger partial charge in [0.25, 0.3) is 0 Å². The molecule has 0 amide bonds. The van der Waals surface area contributed by atoms with E-state index in [0.29, 0.717) is 57.9 Å². The average Bonchev–Trinajstić information content (AvgIpc) is 1.47. The van der Waals surface area contributed by atoms with Crippen LogP contribution < -0.4 is 0 Å². The third-order valence-electron chi connectivity index (χ3n) is 17.2. The Bertz CT molecular complexity index is 6340. The zero-order chi connectivity index (χ0) is 61.8. The summed E-state index contributed by atoms with van der Waals surface area (Å²) < 4.78 is 30.3. The number of hydrogen-bond donors (Lipinski definition) is 0. The minimum Gasteiger partial charge on any atom is -0.455 e. The number of nitrogens with zero attached hydrogens (tertiary/aromatic N) is 8. The number of rotatable bonds is 8. The normalized spacial score (nSPS) is 11.8. The predicted molar refractivity (Wildman–Crippen MR) is 379 cm³/mol. The molecule has 0 saturated heterocycles. The van der Waals surface area contributed by atoms with E-state index in [1.54, 1.807) is 22.7 Å². The van der Waals surface area contributed by atoms with Gasteiger partial charge < -0.3 is 17.7 Å². The highest BCUT2D eigenvalue weighted by Crippen LogP contribution is 2.45. The Morgan fingerprint density at radius 2 is 0.606 bits per heavy atom. The van der Waals surface area contributed by atoms with Crippen molar-refractivity contribution in [3.8, 4) is 91.2 Å². The number of fused-ring (bicyclic) bond motifs is 14. The Kier molecular flexibility index (Phi) is 12.3. The molecule has 8 heterocycles. The van der Waals surface area contributed by atoms with Crippen LogP contribution in [-0.4, -0.2) is 39.9 Å². The molecule has 12 nitrogen and oxygen atoms in total. The molecule has 0 aliphatic carbocycles. The summed E-state index contributed by atoms with van der Waals surface area (Å²) in [6, 6.07) is 89.6. The van der Waals surface area contributed by atoms with Gasteiger partial charge in [-0.3, -0.25) is 0 Å². The van der Waals surface area contributed by atoms with Gasteiger partial charge in [-0.25, -0.2) is 39.9 Å². The molecule has 0 unspecified atom stereocenters. The highest BCUT2D eigenvalue weighted by atomic mass is 32.1. The van der Waals surface area contributed by atoms with Crippen LogP contribution in [0, 0.1) is 0 Å². The van der Waals surface area contributed by atoms with Crippen LogP contribution in [0.25, 0.3) is 198 Å². The lowest BCUT2D eigenvalue weighted by Gasteiger charge is -2.10. The zero-order valence-electron chi connectivity index (χ0n) is 49.4. The van der Waals surface area contributed by atoms with Crippen LogP contribution in [0.3, 0.4) is 0 Å². The van der Waals surface area contributed by atoms with Crippen molar-refractivity contribution in [2.24, 2.45) is 0 Å². The van der Waals surface area contributed by atoms with Crippen molar-refractivity contribution in [2.45, 2.75) is 0 Å². The van der Waals surface area contributed by atoms with E-state index in [-0.39, 0.29) is 0 Å². The predicted octanol–water partition coefficient (Wildman–Crippen LogP) is 21.9. The molecule has 12 aromatic carbocycles. The quantitative estimate of drug-likeness (QED) is 0.142. The van der Waals surface area contributed by atoms with Crippen molar-refractivity contribution >= 4 is 129 Å². The first-order valence-electron chi connectivity index (χ1n) is 30.6. The number of benzene rings is 12. The molecule has 0 bridgehead atoms. The van der Waals surface area contributed by atoms with Crippen molar-refractivity contribution in [3.63, 3.8) is 0 Å². The van der Waals surface area contributed by atoms with Gasteiger partial charge in [0.15, 0.2) is 46.1 Å². The molecule has 0 N–H and O–H groups in total. The van der Waals surface area contributed by atoms with Gasteiger partial charge in [-0.1, -0.05) is 182 Å². The SMILES string of the molecule is c1ccc(-c2nc(-c3ccc4sc5ccccc5c4c3)nc(-c3cccc4oc5c(-c6nc7ccccc7o6)cccc5c34)n2)cc1.c1ccc(-c2nc(-c3cccc4oc5c(-c6nc7ccccc7o6)cccc5c34)nc(-c3cccc4sc5ccccc5c34)n2)cc1. The van der Waals surface area contributed by atoms with E-state index in [4.69, 9.17) is 57.5 Å². The summed E-state index contributed by atoms with van der Waals surface area (Å²) in [5.41, 5.74) is 13.0. The minimum absolute atomic E-state index is 0.516. The van der Waals surface area contributed by atoms with Gasteiger partial charge in [-0.2, -0.15) is 0 Å². The first kappa shape index (κ1) is 53.5. The van der Waals surface area contributed by atoms with Crippen molar-refractivity contribution in [1.29, 1.82) is 0 Å². The summed E-state index contributed by atoms with van der Waals surface area (Å²) in [7, 11) is 0. The molecule has 0 spiro atoms. The molecule has 0 aliphatic rings. The number of hydrogen-bond acceptors (Lipinski definition) is 14. The lowest BCUT2D eigenvalue weighted by atomic mass is 10.0. The van der Waals surface area contributed by atoms with Gasteiger partial charge in [0.05, 0.1) is 11.1 Å². The second-order valence-electron chi connectivity index (χ2n) is 22.8. The third-order valence-corrected chi connectivity index (χ3v) is 19.5. The summed E-state index contributed by atoms with van der Waals surface area (Å²) in [4.78, 5) is 40.1. The second kappa shape index (κ2) is 21.7. The first-order valence-corrected chi connectivity index (χ1v) is 32.2. The summed E-state index contributed by atoms with van der Waals surface area (Å²) in [5.74, 6) is 4.64. The van der Waals surface area contributed by atoms with Gasteiger partial charge >= 0.3 is 0 Å². The Labute approximate surface area is 541 Å². The van der Waals surface area contributed by atoms with E-state index in [2.05, 4.69) is 103 Å². The summed E-state index contributed by atoms with van der Waals surface area (Å²) >= 11 is 3.58. The summed E-state index contributed by atoms with van der Waals surface area (Å²) in [6.07, 6.45) is 0. The Balaban J connectivity index is 0.000000133. The maximum absolute atomic E-state index is 6.55. The largest absolute Gasteiger partial charge is 0.455 e. The molecule has 20 aromatic rings. The molecule has 8 aromatic heterocycles.